The van der Waals surface area contributed by atoms with Gasteiger partial charge in [-0.25, -0.2) is 0 Å². The molecule has 2 N–H and O–H groups in total. The van der Waals surface area contributed by atoms with Crippen LogP contribution in [-0.4, -0.2) is 42.2 Å². The molecular weight excluding hydrogens is 294 g/mol. The quantitative estimate of drug-likeness (QED) is 0.279. The van der Waals surface area contributed by atoms with E-state index in [9.17, 15) is 14.7 Å². The van der Waals surface area contributed by atoms with Gasteiger partial charge in [0.25, 0.3) is 0 Å². The molecule has 0 unspecified atom stereocenters. The van der Waals surface area contributed by atoms with Crippen LogP contribution in [0.3, 0.4) is 0 Å². The lowest BCUT2D eigenvalue weighted by molar-refractivity contribution is -0.119. The Hall–Kier alpha value is -1.46. The third-order valence-corrected chi connectivity index (χ3v) is 4.35. The molecule has 0 aromatic heterocycles. The average molecular weight is 323 g/mol. The summed E-state index contributed by atoms with van der Waals surface area (Å²) in [5.41, 5.74) is 2.02. The van der Waals surface area contributed by atoms with Crippen LogP contribution in [0.1, 0.15) is 47.0 Å². The number of aliphatic hydroxyl groups excluding tert-OH is 1. The van der Waals surface area contributed by atoms with Gasteiger partial charge in [-0.2, -0.15) is 0 Å². The van der Waals surface area contributed by atoms with Gasteiger partial charge in [0.05, 0.1) is 12.2 Å². The van der Waals surface area contributed by atoms with E-state index in [0.29, 0.717) is 13.0 Å². The molecule has 0 aromatic carbocycles. The molecule has 1 saturated heterocycles. The number of aliphatic hydroxyl groups is 1. The molecule has 4 atom stereocenters. The monoisotopic (exact) mass is 323 g/mol. The highest BCUT2D eigenvalue weighted by atomic mass is 16.6. The van der Waals surface area contributed by atoms with Crippen molar-refractivity contribution in [2.75, 3.05) is 6.54 Å². The third kappa shape index (κ3) is 7.57. The Morgan fingerprint density at radius 2 is 1.96 bits per heavy atom. The fourth-order valence-corrected chi connectivity index (χ4v) is 2.48. The zero-order valence-electron chi connectivity index (χ0n) is 14.5. The van der Waals surface area contributed by atoms with E-state index in [0.717, 1.165) is 30.3 Å². The lowest BCUT2D eigenvalue weighted by Gasteiger charge is -2.17. The molecule has 23 heavy (non-hydrogen) atoms. The van der Waals surface area contributed by atoms with Gasteiger partial charge < -0.3 is 15.2 Å². The Kier molecular flexibility index (Phi) is 8.20. The molecule has 5 nitrogen and oxygen atoms in total. The van der Waals surface area contributed by atoms with Crippen molar-refractivity contribution in [1.29, 1.82) is 0 Å². The van der Waals surface area contributed by atoms with Crippen molar-refractivity contribution < 1.29 is 19.4 Å². The van der Waals surface area contributed by atoms with Crippen molar-refractivity contribution in [2.24, 2.45) is 5.92 Å². The zero-order valence-corrected chi connectivity index (χ0v) is 14.5. The summed E-state index contributed by atoms with van der Waals surface area (Å²) in [6, 6.07) is 0. The summed E-state index contributed by atoms with van der Waals surface area (Å²) in [7, 11) is 0. The zero-order chi connectivity index (χ0) is 17.4. The number of hydrogen-bond donors (Lipinski definition) is 2. The second kappa shape index (κ2) is 9.63. The predicted molar refractivity (Wildman–Crippen MR) is 89.9 cm³/mol. The van der Waals surface area contributed by atoms with Crippen molar-refractivity contribution in [2.45, 2.75) is 65.3 Å². The van der Waals surface area contributed by atoms with Gasteiger partial charge in [0, 0.05) is 13.5 Å². The molecule has 0 aliphatic carbocycles. The number of hydrogen-bond acceptors (Lipinski definition) is 4. The maximum absolute atomic E-state index is 10.8. The summed E-state index contributed by atoms with van der Waals surface area (Å²) in [4.78, 5) is 21.3. The topological polar surface area (TPSA) is 78.9 Å². The Balaban J connectivity index is 2.26. The van der Waals surface area contributed by atoms with Crippen molar-refractivity contribution in [3.8, 4) is 0 Å². The lowest BCUT2D eigenvalue weighted by Crippen LogP contribution is -2.26. The summed E-state index contributed by atoms with van der Waals surface area (Å²) in [6.07, 6.45) is 6.52. The Labute approximate surface area is 138 Å². The normalized spacial score (nSPS) is 24.0. The maximum Gasteiger partial charge on any atom is 0.216 e. The van der Waals surface area contributed by atoms with Crippen molar-refractivity contribution in [3.63, 3.8) is 0 Å². The molecule has 0 saturated carbocycles. The second-order valence-electron chi connectivity index (χ2n) is 6.38. The number of carbonyl (C=O) groups is 2. The van der Waals surface area contributed by atoms with Crippen LogP contribution in [-0.2, 0) is 14.3 Å². The number of carbonyl (C=O) groups excluding carboxylic acids is 2. The van der Waals surface area contributed by atoms with E-state index in [2.05, 4.69) is 11.4 Å². The molecule has 5 heteroatoms. The SMILES string of the molecule is CC(=O)NC[C@@H]1O[C@H]1C[C@H](C)[C@@H](O)CC/C=C(C)/C(C)=C/C=O. The van der Waals surface area contributed by atoms with Gasteiger partial charge in [-0.05, 0) is 50.7 Å². The minimum absolute atomic E-state index is 0.0478. The van der Waals surface area contributed by atoms with Gasteiger partial charge in [0.2, 0.25) is 5.91 Å². The van der Waals surface area contributed by atoms with Crippen LogP contribution in [0.2, 0.25) is 0 Å². The van der Waals surface area contributed by atoms with E-state index in [1.165, 1.54) is 6.92 Å². The van der Waals surface area contributed by atoms with Crippen LogP contribution in [0.4, 0.5) is 0 Å². The van der Waals surface area contributed by atoms with Crippen molar-refractivity contribution >= 4 is 12.2 Å². The number of ether oxygens (including phenoxy) is 1. The van der Waals surface area contributed by atoms with Crippen LogP contribution in [0.15, 0.2) is 23.3 Å². The fourth-order valence-electron chi connectivity index (χ4n) is 2.48. The van der Waals surface area contributed by atoms with Gasteiger partial charge in [-0.15, -0.1) is 0 Å². The van der Waals surface area contributed by atoms with Gasteiger partial charge in [0.1, 0.15) is 12.4 Å². The smallest absolute Gasteiger partial charge is 0.216 e. The molecule has 1 amide bonds. The molecule has 0 radical (unpaired) electrons. The van der Waals surface area contributed by atoms with E-state index in [-0.39, 0.29) is 30.1 Å². The summed E-state index contributed by atoms with van der Waals surface area (Å²) >= 11 is 0. The van der Waals surface area contributed by atoms with Crippen LogP contribution >= 0.6 is 0 Å². The summed E-state index contributed by atoms with van der Waals surface area (Å²) < 4.78 is 5.51. The lowest BCUT2D eigenvalue weighted by atomic mass is 9.94. The number of amides is 1. The summed E-state index contributed by atoms with van der Waals surface area (Å²) in [5.74, 6) is 0.107. The number of aldehydes is 1. The third-order valence-electron chi connectivity index (χ3n) is 4.35. The number of epoxide rings is 1. The maximum atomic E-state index is 10.8. The van der Waals surface area contributed by atoms with Crippen molar-refractivity contribution in [3.05, 3.63) is 23.3 Å². The minimum Gasteiger partial charge on any atom is -0.393 e. The van der Waals surface area contributed by atoms with Gasteiger partial charge in [-0.1, -0.05) is 18.6 Å². The summed E-state index contributed by atoms with van der Waals surface area (Å²) in [5, 5.41) is 13.0. The minimum atomic E-state index is -0.375. The van der Waals surface area contributed by atoms with Gasteiger partial charge in [-0.3, -0.25) is 9.59 Å². The first-order valence-corrected chi connectivity index (χ1v) is 8.22. The standard InChI is InChI=1S/C18H29NO4/c1-12(13(2)8-9-20)6-5-7-16(22)14(3)10-17-18(23-17)11-19-15(4)21/h6,8-9,14,16-18,22H,5,7,10-11H2,1-4H3,(H,19,21)/b12-6+,13-8+/t14-,16-,17-,18-/m0/s1. The van der Waals surface area contributed by atoms with Crippen LogP contribution in [0, 0.1) is 5.92 Å². The van der Waals surface area contributed by atoms with E-state index < -0.39 is 0 Å². The number of allylic oxidation sites excluding steroid dienone is 4. The summed E-state index contributed by atoms with van der Waals surface area (Å²) in [6.45, 7) is 7.93. The molecule has 0 aromatic rings. The molecule has 1 heterocycles. The average Bonchev–Trinajstić information content (AvgIpc) is 3.23. The molecular formula is C18H29NO4. The van der Waals surface area contributed by atoms with Crippen molar-refractivity contribution in [1.82, 2.24) is 5.32 Å². The largest absolute Gasteiger partial charge is 0.393 e. The Bertz CT molecular complexity index is 470. The van der Waals surface area contributed by atoms with Gasteiger partial charge in [0.15, 0.2) is 0 Å². The molecule has 1 aliphatic heterocycles. The first kappa shape index (κ1) is 19.6. The predicted octanol–water partition coefficient (Wildman–Crippen LogP) is 2.15. The molecule has 0 spiro atoms. The molecule has 130 valence electrons. The van der Waals surface area contributed by atoms with E-state index in [1.807, 2.05) is 20.8 Å². The second-order valence-corrected chi connectivity index (χ2v) is 6.38. The molecule has 1 rings (SSSR count). The number of nitrogens with one attached hydrogen (secondary N) is 1. The molecule has 1 fully saturated rings. The fraction of sp³-hybridized carbons (Fsp3) is 0.667. The van der Waals surface area contributed by atoms with E-state index in [4.69, 9.17) is 4.74 Å². The van der Waals surface area contributed by atoms with Gasteiger partial charge >= 0.3 is 0 Å². The Morgan fingerprint density at radius 1 is 1.26 bits per heavy atom. The molecule has 0 bridgehead atoms. The first-order valence-electron chi connectivity index (χ1n) is 8.22. The Morgan fingerprint density at radius 3 is 2.57 bits per heavy atom. The van der Waals surface area contributed by atoms with Crippen LogP contribution in [0.5, 0.6) is 0 Å². The first-order chi connectivity index (χ1) is 10.8. The highest BCUT2D eigenvalue weighted by Gasteiger charge is 2.40. The highest BCUT2D eigenvalue weighted by molar-refractivity contribution is 5.72. The van der Waals surface area contributed by atoms with Crippen LogP contribution in [0.25, 0.3) is 0 Å². The van der Waals surface area contributed by atoms with Crippen LogP contribution < -0.4 is 5.32 Å². The van der Waals surface area contributed by atoms with E-state index >= 15 is 0 Å². The number of rotatable bonds is 10. The highest BCUT2D eigenvalue weighted by Crippen LogP contribution is 2.30. The molecule has 1 aliphatic rings. The van der Waals surface area contributed by atoms with E-state index in [1.54, 1.807) is 6.08 Å².